The van der Waals surface area contributed by atoms with Gasteiger partial charge in [0.1, 0.15) is 0 Å². The highest BCUT2D eigenvalue weighted by molar-refractivity contribution is 7.10. The number of thiophene rings is 1. The highest BCUT2D eigenvalue weighted by Gasteiger charge is 2.23. The van der Waals surface area contributed by atoms with Crippen molar-refractivity contribution in [1.29, 1.82) is 0 Å². The molecule has 3 atom stereocenters. The summed E-state index contributed by atoms with van der Waals surface area (Å²) in [4.78, 5) is 1.48. The average Bonchev–Trinajstić information content (AvgIpc) is 2.81. The summed E-state index contributed by atoms with van der Waals surface area (Å²) < 4.78 is 0. The monoisotopic (exact) mass is 238 g/mol. The molecule has 0 saturated carbocycles. The van der Waals surface area contributed by atoms with E-state index in [9.17, 15) is 0 Å². The fourth-order valence-electron chi connectivity index (χ4n) is 2.41. The Balaban J connectivity index is 1.95. The molecule has 2 nitrogen and oxygen atoms in total. The molecule has 2 heterocycles. The summed E-state index contributed by atoms with van der Waals surface area (Å²) in [6.07, 6.45) is 2.43. The fourth-order valence-corrected chi connectivity index (χ4v) is 3.28. The van der Waals surface area contributed by atoms with Crippen LogP contribution in [0.25, 0.3) is 0 Å². The maximum Gasteiger partial charge on any atom is 0.0414 e. The van der Waals surface area contributed by atoms with Gasteiger partial charge in [-0.2, -0.15) is 0 Å². The van der Waals surface area contributed by atoms with Crippen molar-refractivity contribution in [3.8, 4) is 0 Å². The Hall–Kier alpha value is -0.380. The van der Waals surface area contributed by atoms with Crippen LogP contribution in [0, 0.1) is 5.92 Å². The van der Waals surface area contributed by atoms with Gasteiger partial charge in [0, 0.05) is 17.0 Å². The van der Waals surface area contributed by atoms with Gasteiger partial charge in [-0.05, 0) is 43.3 Å². The van der Waals surface area contributed by atoms with Crippen LogP contribution in [-0.2, 0) is 0 Å². The summed E-state index contributed by atoms with van der Waals surface area (Å²) in [6, 6.07) is 5.62. The maximum atomic E-state index is 3.83. The van der Waals surface area contributed by atoms with E-state index in [0.29, 0.717) is 12.1 Å². The fraction of sp³-hybridized carbons (Fsp3) is 0.692. The number of nitrogens with one attached hydrogen (secondary N) is 2. The van der Waals surface area contributed by atoms with Crippen LogP contribution in [0.3, 0.4) is 0 Å². The van der Waals surface area contributed by atoms with Crippen LogP contribution in [0.5, 0.6) is 0 Å². The third-order valence-electron chi connectivity index (χ3n) is 3.50. The van der Waals surface area contributed by atoms with E-state index in [0.717, 1.165) is 19.0 Å². The van der Waals surface area contributed by atoms with E-state index in [1.807, 2.05) is 11.3 Å². The van der Waals surface area contributed by atoms with Gasteiger partial charge in [0.2, 0.25) is 0 Å². The van der Waals surface area contributed by atoms with Crippen molar-refractivity contribution in [2.75, 3.05) is 13.1 Å². The van der Waals surface area contributed by atoms with Crippen molar-refractivity contribution in [2.45, 2.75) is 38.8 Å². The van der Waals surface area contributed by atoms with E-state index in [1.54, 1.807) is 0 Å². The molecule has 3 heteroatoms. The first-order chi connectivity index (χ1) is 7.81. The second-order valence-corrected chi connectivity index (χ2v) is 5.70. The molecule has 1 aromatic rings. The van der Waals surface area contributed by atoms with Crippen LogP contribution >= 0.6 is 11.3 Å². The van der Waals surface area contributed by atoms with Crippen molar-refractivity contribution in [3.63, 3.8) is 0 Å². The Morgan fingerprint density at radius 1 is 1.62 bits per heavy atom. The quantitative estimate of drug-likeness (QED) is 0.843. The van der Waals surface area contributed by atoms with Crippen LogP contribution in [-0.4, -0.2) is 19.1 Å². The molecule has 1 fully saturated rings. The molecular formula is C13H22N2S. The molecule has 0 aromatic carbocycles. The number of hydrogen-bond donors (Lipinski definition) is 2. The summed E-state index contributed by atoms with van der Waals surface area (Å²) in [5.74, 6) is 0.739. The summed E-state index contributed by atoms with van der Waals surface area (Å²) in [5.41, 5.74) is 0. The van der Waals surface area contributed by atoms with Gasteiger partial charge in [0.25, 0.3) is 0 Å². The Morgan fingerprint density at radius 3 is 3.12 bits per heavy atom. The van der Waals surface area contributed by atoms with Gasteiger partial charge in [0.15, 0.2) is 0 Å². The second-order valence-electron chi connectivity index (χ2n) is 4.72. The normalized spacial score (nSPS) is 27.9. The minimum atomic E-state index is 0.547. The van der Waals surface area contributed by atoms with E-state index < -0.39 is 0 Å². The number of piperidine rings is 1. The molecule has 90 valence electrons. The predicted octanol–water partition coefficient (Wildman–Crippen LogP) is 2.79. The lowest BCUT2D eigenvalue weighted by atomic mass is 9.94. The first kappa shape index (κ1) is 12.1. The van der Waals surface area contributed by atoms with Crippen LogP contribution < -0.4 is 10.6 Å². The SMILES string of the molecule is CCC(NC1CCNCC1C)c1cccs1. The zero-order valence-electron chi connectivity index (χ0n) is 10.2. The minimum absolute atomic E-state index is 0.547. The van der Waals surface area contributed by atoms with Crippen LogP contribution in [0.15, 0.2) is 17.5 Å². The lowest BCUT2D eigenvalue weighted by Gasteiger charge is -2.33. The second kappa shape index (κ2) is 5.80. The van der Waals surface area contributed by atoms with E-state index in [-0.39, 0.29) is 0 Å². The molecule has 16 heavy (non-hydrogen) atoms. The molecule has 0 bridgehead atoms. The van der Waals surface area contributed by atoms with Crippen LogP contribution in [0.4, 0.5) is 0 Å². The average molecular weight is 238 g/mol. The van der Waals surface area contributed by atoms with Crippen molar-refractivity contribution in [2.24, 2.45) is 5.92 Å². The van der Waals surface area contributed by atoms with Crippen LogP contribution in [0.1, 0.15) is 37.6 Å². The molecule has 1 saturated heterocycles. The Labute approximate surface area is 102 Å². The van der Waals surface area contributed by atoms with E-state index in [4.69, 9.17) is 0 Å². The minimum Gasteiger partial charge on any atom is -0.316 e. The first-order valence-electron chi connectivity index (χ1n) is 6.31. The number of hydrogen-bond acceptors (Lipinski definition) is 3. The van der Waals surface area contributed by atoms with Gasteiger partial charge in [0.05, 0.1) is 0 Å². The summed E-state index contributed by atoms with van der Waals surface area (Å²) in [5, 5.41) is 9.45. The van der Waals surface area contributed by atoms with Gasteiger partial charge in [-0.1, -0.05) is 19.9 Å². The van der Waals surface area contributed by atoms with Crippen molar-refractivity contribution in [3.05, 3.63) is 22.4 Å². The third-order valence-corrected chi connectivity index (χ3v) is 4.48. The highest BCUT2D eigenvalue weighted by atomic mass is 32.1. The molecule has 0 radical (unpaired) electrons. The molecule has 0 aliphatic carbocycles. The zero-order valence-corrected chi connectivity index (χ0v) is 11.0. The molecular weight excluding hydrogens is 216 g/mol. The molecule has 1 aliphatic rings. The van der Waals surface area contributed by atoms with Gasteiger partial charge >= 0.3 is 0 Å². The Morgan fingerprint density at radius 2 is 2.50 bits per heavy atom. The molecule has 2 N–H and O–H groups in total. The molecule has 1 aromatic heterocycles. The molecule has 2 rings (SSSR count). The molecule has 0 spiro atoms. The standard InChI is InChI=1S/C13H22N2S/c1-3-11(13-5-4-8-16-13)15-12-6-7-14-9-10(12)2/h4-5,8,10-12,14-15H,3,6-7,9H2,1-2H3. The lowest BCUT2D eigenvalue weighted by Crippen LogP contribution is -2.47. The van der Waals surface area contributed by atoms with E-state index in [1.165, 1.54) is 17.7 Å². The third kappa shape index (κ3) is 2.84. The summed E-state index contributed by atoms with van der Waals surface area (Å²) in [6.45, 7) is 6.91. The van der Waals surface area contributed by atoms with Crippen molar-refractivity contribution >= 4 is 11.3 Å². The zero-order chi connectivity index (χ0) is 11.4. The number of rotatable bonds is 4. The van der Waals surface area contributed by atoms with Crippen LogP contribution in [0.2, 0.25) is 0 Å². The van der Waals surface area contributed by atoms with E-state index >= 15 is 0 Å². The Kier molecular flexibility index (Phi) is 4.38. The summed E-state index contributed by atoms with van der Waals surface area (Å²) >= 11 is 1.87. The lowest BCUT2D eigenvalue weighted by molar-refractivity contribution is 0.271. The van der Waals surface area contributed by atoms with Gasteiger partial charge in [-0.15, -0.1) is 11.3 Å². The Bertz CT molecular complexity index is 297. The van der Waals surface area contributed by atoms with Crippen molar-refractivity contribution in [1.82, 2.24) is 10.6 Å². The topological polar surface area (TPSA) is 24.1 Å². The van der Waals surface area contributed by atoms with Crippen molar-refractivity contribution < 1.29 is 0 Å². The van der Waals surface area contributed by atoms with Gasteiger partial charge < -0.3 is 10.6 Å². The van der Waals surface area contributed by atoms with Gasteiger partial charge in [-0.3, -0.25) is 0 Å². The van der Waals surface area contributed by atoms with E-state index in [2.05, 4.69) is 42.0 Å². The smallest absolute Gasteiger partial charge is 0.0414 e. The summed E-state index contributed by atoms with van der Waals surface area (Å²) in [7, 11) is 0. The highest BCUT2D eigenvalue weighted by Crippen LogP contribution is 2.24. The molecule has 0 amide bonds. The predicted molar refractivity (Wildman–Crippen MR) is 70.9 cm³/mol. The molecule has 1 aliphatic heterocycles. The molecule has 3 unspecified atom stereocenters. The first-order valence-corrected chi connectivity index (χ1v) is 7.19. The largest absolute Gasteiger partial charge is 0.316 e. The maximum absolute atomic E-state index is 3.83. The van der Waals surface area contributed by atoms with Gasteiger partial charge in [-0.25, -0.2) is 0 Å².